The number of hydrogen-bond donors (Lipinski definition) is 2. The van der Waals surface area contributed by atoms with Crippen molar-refractivity contribution in [3.8, 4) is 5.75 Å². The summed E-state index contributed by atoms with van der Waals surface area (Å²) < 4.78 is 42.7. The smallest absolute Gasteiger partial charge is 0.255 e. The van der Waals surface area contributed by atoms with Gasteiger partial charge in [-0.25, -0.2) is 12.8 Å². The number of nitrogens with one attached hydrogen (secondary N) is 2. The summed E-state index contributed by atoms with van der Waals surface area (Å²) >= 11 is 0. The minimum atomic E-state index is -3.37. The Bertz CT molecular complexity index is 820. The maximum atomic E-state index is 13.1. The average Bonchev–Trinajstić information content (AvgIpc) is 2.48. The summed E-state index contributed by atoms with van der Waals surface area (Å²) in [5.41, 5.74) is 0.996. The van der Waals surface area contributed by atoms with Gasteiger partial charge in [0.15, 0.2) is 0 Å². The molecule has 0 fully saturated rings. The lowest BCUT2D eigenvalue weighted by Crippen LogP contribution is -2.13. The van der Waals surface area contributed by atoms with Gasteiger partial charge in [0.05, 0.1) is 19.1 Å². The Hall–Kier alpha value is -2.61. The molecule has 0 aromatic heterocycles. The highest BCUT2D eigenvalue weighted by molar-refractivity contribution is 7.92. The maximum absolute atomic E-state index is 13.1. The molecule has 0 aliphatic rings. The lowest BCUT2D eigenvalue weighted by atomic mass is 10.2. The lowest BCUT2D eigenvalue weighted by molar-refractivity contribution is 0.102. The average molecular weight is 338 g/mol. The number of hydrogen-bond acceptors (Lipinski definition) is 4. The van der Waals surface area contributed by atoms with Crippen LogP contribution in [-0.2, 0) is 10.0 Å². The summed E-state index contributed by atoms with van der Waals surface area (Å²) in [6.07, 6.45) is 1.04. The van der Waals surface area contributed by atoms with E-state index in [1.165, 1.54) is 43.5 Å². The molecule has 23 heavy (non-hydrogen) atoms. The van der Waals surface area contributed by atoms with E-state index in [0.717, 1.165) is 12.3 Å². The van der Waals surface area contributed by atoms with Crippen molar-refractivity contribution < 1.29 is 22.3 Å². The molecular formula is C15H15FN2O4S. The Morgan fingerprint density at radius 3 is 2.35 bits per heavy atom. The van der Waals surface area contributed by atoms with Gasteiger partial charge in [-0.1, -0.05) is 0 Å². The summed E-state index contributed by atoms with van der Waals surface area (Å²) in [4.78, 5) is 12.2. The highest BCUT2D eigenvalue weighted by Crippen LogP contribution is 2.25. The van der Waals surface area contributed by atoms with Crippen LogP contribution in [0.3, 0.4) is 0 Å². The molecule has 0 unspecified atom stereocenters. The van der Waals surface area contributed by atoms with Crippen molar-refractivity contribution in [1.29, 1.82) is 0 Å². The molecule has 2 aromatic rings. The largest absolute Gasteiger partial charge is 0.494 e. The fraction of sp³-hybridized carbons (Fsp3) is 0.133. The number of benzene rings is 2. The first-order valence-electron chi connectivity index (χ1n) is 6.51. The molecule has 0 aliphatic heterocycles. The lowest BCUT2D eigenvalue weighted by Gasteiger charge is -2.10. The molecule has 0 atom stereocenters. The summed E-state index contributed by atoms with van der Waals surface area (Å²) in [6.45, 7) is 0. The third-order valence-corrected chi connectivity index (χ3v) is 3.47. The number of methoxy groups -OCH3 is 1. The summed E-state index contributed by atoms with van der Waals surface area (Å²) in [7, 11) is -2.00. The molecule has 122 valence electrons. The third-order valence-electron chi connectivity index (χ3n) is 2.86. The van der Waals surface area contributed by atoms with Crippen LogP contribution in [0.25, 0.3) is 0 Å². The van der Waals surface area contributed by atoms with E-state index >= 15 is 0 Å². The van der Waals surface area contributed by atoms with Gasteiger partial charge >= 0.3 is 0 Å². The maximum Gasteiger partial charge on any atom is 0.255 e. The number of anilines is 2. The summed E-state index contributed by atoms with van der Waals surface area (Å²) in [5, 5.41) is 2.60. The normalized spacial score (nSPS) is 10.9. The molecule has 0 heterocycles. The topological polar surface area (TPSA) is 84.5 Å². The minimum absolute atomic E-state index is 0.203. The predicted molar refractivity (Wildman–Crippen MR) is 85.8 cm³/mol. The summed E-state index contributed by atoms with van der Waals surface area (Å²) in [5.74, 6) is -0.703. The van der Waals surface area contributed by atoms with Gasteiger partial charge in [-0.3, -0.25) is 9.52 Å². The van der Waals surface area contributed by atoms with Crippen LogP contribution >= 0.6 is 0 Å². The first-order valence-corrected chi connectivity index (χ1v) is 8.40. The van der Waals surface area contributed by atoms with Crippen molar-refractivity contribution in [3.63, 3.8) is 0 Å². The van der Waals surface area contributed by atoms with Crippen molar-refractivity contribution >= 4 is 27.3 Å². The van der Waals surface area contributed by atoms with Gasteiger partial charge in [-0.2, -0.15) is 0 Å². The second-order valence-electron chi connectivity index (χ2n) is 4.75. The molecule has 2 aromatic carbocycles. The predicted octanol–water partition coefficient (Wildman–Crippen LogP) is 2.46. The van der Waals surface area contributed by atoms with Crippen LogP contribution in [0.15, 0.2) is 42.5 Å². The van der Waals surface area contributed by atoms with Crippen LogP contribution in [0, 0.1) is 5.82 Å². The first-order chi connectivity index (χ1) is 10.8. The Balaban J connectivity index is 2.15. The molecule has 0 saturated heterocycles. The number of amides is 1. The van der Waals surface area contributed by atoms with Gasteiger partial charge in [0.1, 0.15) is 11.6 Å². The van der Waals surface area contributed by atoms with E-state index in [4.69, 9.17) is 4.74 Å². The zero-order chi connectivity index (χ0) is 17.0. The van der Waals surface area contributed by atoms with Crippen LogP contribution in [0.5, 0.6) is 5.75 Å². The standard InChI is InChI=1S/C15H15FN2O4S/c1-22-14-9-11(16)5-8-13(14)17-15(19)10-3-6-12(7-4-10)18-23(2,20)21/h3-9,18H,1-2H3,(H,17,19). The monoisotopic (exact) mass is 338 g/mol. The van der Waals surface area contributed by atoms with Gasteiger partial charge < -0.3 is 10.1 Å². The number of sulfonamides is 1. The fourth-order valence-corrected chi connectivity index (χ4v) is 2.43. The first kappa shape index (κ1) is 16.8. The molecule has 1 amide bonds. The molecule has 6 nitrogen and oxygen atoms in total. The van der Waals surface area contributed by atoms with Gasteiger partial charge in [-0.15, -0.1) is 0 Å². The zero-order valence-electron chi connectivity index (χ0n) is 12.5. The summed E-state index contributed by atoms with van der Waals surface area (Å²) in [6, 6.07) is 9.64. The van der Waals surface area contributed by atoms with Crippen molar-refractivity contribution in [2.24, 2.45) is 0 Å². The van der Waals surface area contributed by atoms with Crippen LogP contribution in [0.2, 0.25) is 0 Å². The number of halogens is 1. The van der Waals surface area contributed by atoms with Crippen LogP contribution in [-0.4, -0.2) is 27.7 Å². The van der Waals surface area contributed by atoms with Crippen LogP contribution < -0.4 is 14.8 Å². The van der Waals surface area contributed by atoms with Crippen LogP contribution in [0.1, 0.15) is 10.4 Å². The number of carbonyl (C=O) groups excluding carboxylic acids is 1. The van der Waals surface area contributed by atoms with Crippen molar-refractivity contribution in [1.82, 2.24) is 0 Å². The van der Waals surface area contributed by atoms with E-state index in [1.807, 2.05) is 0 Å². The second kappa shape index (κ2) is 6.66. The SMILES string of the molecule is COc1cc(F)ccc1NC(=O)c1ccc(NS(C)(=O)=O)cc1. The fourth-order valence-electron chi connectivity index (χ4n) is 1.87. The quantitative estimate of drug-likeness (QED) is 0.877. The molecule has 0 radical (unpaired) electrons. The molecule has 0 aliphatic carbocycles. The number of carbonyl (C=O) groups is 1. The van der Waals surface area contributed by atoms with Crippen molar-refractivity contribution in [2.45, 2.75) is 0 Å². The number of ether oxygens (including phenoxy) is 1. The van der Waals surface area contributed by atoms with E-state index in [1.54, 1.807) is 0 Å². The molecule has 2 N–H and O–H groups in total. The number of rotatable bonds is 5. The Labute approximate surface area is 133 Å². The minimum Gasteiger partial charge on any atom is -0.494 e. The van der Waals surface area contributed by atoms with Crippen LogP contribution in [0.4, 0.5) is 15.8 Å². The molecule has 8 heteroatoms. The molecule has 0 spiro atoms. The van der Waals surface area contributed by atoms with Gasteiger partial charge in [0.2, 0.25) is 10.0 Å². The van der Waals surface area contributed by atoms with Crippen molar-refractivity contribution in [3.05, 3.63) is 53.8 Å². The molecular weight excluding hydrogens is 323 g/mol. The van der Waals surface area contributed by atoms with Gasteiger partial charge in [0, 0.05) is 17.3 Å². The van der Waals surface area contributed by atoms with Crippen molar-refractivity contribution in [2.75, 3.05) is 23.4 Å². The molecule has 0 saturated carbocycles. The highest BCUT2D eigenvalue weighted by atomic mass is 32.2. The molecule has 0 bridgehead atoms. The van der Waals surface area contributed by atoms with Gasteiger partial charge in [0.25, 0.3) is 5.91 Å². The second-order valence-corrected chi connectivity index (χ2v) is 6.50. The van der Waals surface area contributed by atoms with E-state index < -0.39 is 21.7 Å². The van der Waals surface area contributed by atoms with Gasteiger partial charge in [-0.05, 0) is 36.4 Å². The highest BCUT2D eigenvalue weighted by Gasteiger charge is 2.11. The van der Waals surface area contributed by atoms with E-state index in [-0.39, 0.29) is 5.75 Å². The Morgan fingerprint density at radius 1 is 1.13 bits per heavy atom. The third kappa shape index (κ3) is 4.68. The van der Waals surface area contributed by atoms with E-state index in [0.29, 0.717) is 16.9 Å². The van der Waals surface area contributed by atoms with E-state index in [9.17, 15) is 17.6 Å². The zero-order valence-corrected chi connectivity index (χ0v) is 13.3. The Kier molecular flexibility index (Phi) is 4.85. The Morgan fingerprint density at radius 2 is 1.78 bits per heavy atom. The molecule has 2 rings (SSSR count). The van der Waals surface area contributed by atoms with E-state index in [2.05, 4.69) is 10.0 Å².